The number of nitrogens with zero attached hydrogens (tertiary/aromatic N) is 2. The lowest BCUT2D eigenvalue weighted by atomic mass is 10.1. The van der Waals surface area contributed by atoms with E-state index < -0.39 is 6.09 Å². The molecule has 1 fully saturated rings. The Hall–Kier alpha value is -1.80. The summed E-state index contributed by atoms with van der Waals surface area (Å²) in [4.78, 5) is 25.3. The number of ether oxygens (including phenoxy) is 1. The Balaban J connectivity index is 2.12. The SMILES string of the molecule is CCCCOc1c(CN)n(CC[N+]2(C(=O)O)CCCC2)c(=O)c2cc(Cl)c(Cl)cc12. The van der Waals surface area contributed by atoms with Gasteiger partial charge in [0.1, 0.15) is 12.3 Å². The Labute approximate surface area is 185 Å². The molecule has 2 heterocycles. The standard InChI is InChI=1S/C21H27Cl2N3O4/c1-2-3-10-30-19-14-11-16(22)17(23)12-15(14)20(27)25(18(19)13-24)6-9-26(21(28)29)7-4-5-8-26/h11-12H,2-10,13,24H2,1H3/p+1. The Morgan fingerprint density at radius 2 is 1.87 bits per heavy atom. The van der Waals surface area contributed by atoms with Crippen LogP contribution in [-0.2, 0) is 13.1 Å². The second-order valence-corrected chi connectivity index (χ2v) is 8.57. The number of fused-ring (bicyclic) bond motifs is 1. The lowest BCUT2D eigenvalue weighted by Crippen LogP contribution is -2.52. The molecule has 1 saturated heterocycles. The van der Waals surface area contributed by atoms with Crippen LogP contribution in [0.15, 0.2) is 16.9 Å². The summed E-state index contributed by atoms with van der Waals surface area (Å²) in [6, 6.07) is 3.18. The number of amides is 1. The highest BCUT2D eigenvalue weighted by Crippen LogP contribution is 2.34. The zero-order chi connectivity index (χ0) is 21.9. The van der Waals surface area contributed by atoms with Crippen molar-refractivity contribution >= 4 is 40.1 Å². The molecule has 1 amide bonds. The summed E-state index contributed by atoms with van der Waals surface area (Å²) in [6.07, 6.45) is 2.68. The summed E-state index contributed by atoms with van der Waals surface area (Å²) in [5, 5.41) is 11.3. The number of pyridine rings is 1. The minimum atomic E-state index is -0.857. The predicted molar refractivity (Wildman–Crippen MR) is 119 cm³/mol. The molecule has 3 rings (SSSR count). The third-order valence-electron chi connectivity index (χ3n) is 5.89. The maximum atomic E-state index is 13.3. The van der Waals surface area contributed by atoms with Crippen molar-refractivity contribution in [2.75, 3.05) is 26.2 Å². The van der Waals surface area contributed by atoms with Gasteiger partial charge in [-0.3, -0.25) is 4.79 Å². The topological polar surface area (TPSA) is 94.6 Å². The number of halogens is 2. The maximum absolute atomic E-state index is 13.3. The van der Waals surface area contributed by atoms with Gasteiger partial charge in [0.15, 0.2) is 0 Å². The van der Waals surface area contributed by atoms with E-state index in [4.69, 9.17) is 33.7 Å². The lowest BCUT2D eigenvalue weighted by molar-refractivity contribution is -0.845. The van der Waals surface area contributed by atoms with Gasteiger partial charge in [-0.25, -0.2) is 4.48 Å². The van der Waals surface area contributed by atoms with Crippen molar-refractivity contribution in [2.24, 2.45) is 5.73 Å². The molecule has 0 aliphatic carbocycles. The van der Waals surface area contributed by atoms with Crippen molar-refractivity contribution in [2.45, 2.75) is 45.7 Å². The molecule has 1 aliphatic rings. The van der Waals surface area contributed by atoms with Gasteiger partial charge in [-0.2, -0.15) is 4.79 Å². The number of benzene rings is 1. The first-order chi connectivity index (χ1) is 14.3. The van der Waals surface area contributed by atoms with Gasteiger partial charge in [-0.1, -0.05) is 36.5 Å². The summed E-state index contributed by atoms with van der Waals surface area (Å²) in [7, 11) is 0. The normalized spacial score (nSPS) is 15.6. The van der Waals surface area contributed by atoms with Gasteiger partial charge in [-0.15, -0.1) is 0 Å². The van der Waals surface area contributed by atoms with Gasteiger partial charge in [-0.05, 0) is 18.6 Å². The van der Waals surface area contributed by atoms with Crippen LogP contribution in [0.2, 0.25) is 10.0 Å². The smallest absolute Gasteiger partial charge is 0.491 e. The first kappa shape index (κ1) is 22.9. The molecule has 3 N–H and O–H groups in total. The molecule has 164 valence electrons. The average molecular weight is 457 g/mol. The van der Waals surface area contributed by atoms with Crippen LogP contribution in [0.25, 0.3) is 10.8 Å². The highest BCUT2D eigenvalue weighted by atomic mass is 35.5. The van der Waals surface area contributed by atoms with E-state index >= 15 is 0 Å². The first-order valence-corrected chi connectivity index (χ1v) is 11.1. The Kier molecular flexibility index (Phi) is 7.29. The van der Waals surface area contributed by atoms with Gasteiger partial charge in [0.25, 0.3) is 5.56 Å². The van der Waals surface area contributed by atoms with Crippen LogP contribution in [0.3, 0.4) is 0 Å². The van der Waals surface area contributed by atoms with Crippen molar-refractivity contribution < 1.29 is 19.1 Å². The number of hydrogen-bond donors (Lipinski definition) is 2. The molecule has 9 heteroatoms. The minimum absolute atomic E-state index is 0.0398. The fourth-order valence-corrected chi connectivity index (χ4v) is 4.45. The van der Waals surface area contributed by atoms with Gasteiger partial charge in [0.05, 0.1) is 47.4 Å². The van der Waals surface area contributed by atoms with Crippen LogP contribution < -0.4 is 16.0 Å². The number of rotatable bonds is 8. The van der Waals surface area contributed by atoms with E-state index in [9.17, 15) is 14.7 Å². The third kappa shape index (κ3) is 4.30. The molecule has 0 radical (unpaired) electrons. The van der Waals surface area contributed by atoms with Crippen LogP contribution >= 0.6 is 23.2 Å². The van der Waals surface area contributed by atoms with Crippen molar-refractivity contribution in [1.82, 2.24) is 4.57 Å². The van der Waals surface area contributed by atoms with Crippen molar-refractivity contribution in [1.29, 1.82) is 0 Å². The van der Waals surface area contributed by atoms with E-state index in [1.165, 1.54) is 0 Å². The molecule has 1 aliphatic heterocycles. The molecule has 1 aromatic heterocycles. The molecule has 1 aromatic carbocycles. The van der Waals surface area contributed by atoms with E-state index in [0.29, 0.717) is 53.5 Å². The van der Waals surface area contributed by atoms with Crippen molar-refractivity contribution in [3.8, 4) is 5.75 Å². The fourth-order valence-electron chi connectivity index (χ4n) is 4.12. The molecular formula is C21H28Cl2N3O4+. The Morgan fingerprint density at radius 1 is 1.23 bits per heavy atom. The number of nitrogens with two attached hydrogens (primary N) is 1. The maximum Gasteiger partial charge on any atom is 0.513 e. The Bertz CT molecular complexity index is 1000. The highest BCUT2D eigenvalue weighted by Gasteiger charge is 2.40. The number of likely N-dealkylation sites (tertiary alicyclic amines) is 1. The van der Waals surface area contributed by atoms with E-state index in [1.54, 1.807) is 16.7 Å². The zero-order valence-electron chi connectivity index (χ0n) is 17.1. The predicted octanol–water partition coefficient (Wildman–Crippen LogP) is 4.23. The summed E-state index contributed by atoms with van der Waals surface area (Å²) >= 11 is 12.4. The molecule has 0 unspecified atom stereocenters. The average Bonchev–Trinajstić information content (AvgIpc) is 3.20. The molecule has 7 nitrogen and oxygen atoms in total. The fraction of sp³-hybridized carbons (Fsp3) is 0.524. The summed E-state index contributed by atoms with van der Waals surface area (Å²) in [5.74, 6) is 0.516. The van der Waals surface area contributed by atoms with Crippen molar-refractivity contribution in [3.05, 3.63) is 38.2 Å². The van der Waals surface area contributed by atoms with Gasteiger partial charge in [0.2, 0.25) is 0 Å². The van der Waals surface area contributed by atoms with Gasteiger partial charge >= 0.3 is 6.09 Å². The number of quaternary nitrogens is 1. The van der Waals surface area contributed by atoms with Crippen LogP contribution in [-0.4, -0.2) is 46.5 Å². The zero-order valence-corrected chi connectivity index (χ0v) is 18.6. The molecule has 0 saturated carbocycles. The van der Waals surface area contributed by atoms with E-state index in [1.807, 2.05) is 0 Å². The lowest BCUT2D eigenvalue weighted by Gasteiger charge is -2.28. The number of aromatic nitrogens is 1. The molecular weight excluding hydrogens is 429 g/mol. The summed E-state index contributed by atoms with van der Waals surface area (Å²) < 4.78 is 7.56. The molecule has 0 bridgehead atoms. The third-order valence-corrected chi connectivity index (χ3v) is 6.61. The number of carbonyl (C=O) groups is 1. The summed E-state index contributed by atoms with van der Waals surface area (Å²) in [6.45, 7) is 4.30. The van der Waals surface area contributed by atoms with Crippen LogP contribution in [0, 0.1) is 0 Å². The van der Waals surface area contributed by atoms with Crippen LogP contribution in [0.5, 0.6) is 5.75 Å². The molecule has 0 spiro atoms. The largest absolute Gasteiger partial charge is 0.513 e. The number of carboxylic acid groups (broad SMARTS) is 1. The first-order valence-electron chi connectivity index (χ1n) is 10.3. The van der Waals surface area contributed by atoms with Gasteiger partial charge in [0, 0.05) is 24.8 Å². The second-order valence-electron chi connectivity index (χ2n) is 7.76. The van der Waals surface area contributed by atoms with Crippen molar-refractivity contribution in [3.63, 3.8) is 0 Å². The molecule has 30 heavy (non-hydrogen) atoms. The number of unbranched alkanes of at least 4 members (excludes halogenated alkanes) is 1. The van der Waals surface area contributed by atoms with E-state index in [2.05, 4.69) is 6.92 Å². The second kappa shape index (κ2) is 9.56. The minimum Gasteiger partial charge on any atom is -0.491 e. The van der Waals surface area contributed by atoms with Crippen LogP contribution in [0.4, 0.5) is 4.79 Å². The molecule has 0 atom stereocenters. The monoisotopic (exact) mass is 456 g/mol. The molecule has 2 aromatic rings. The Morgan fingerprint density at radius 3 is 2.43 bits per heavy atom. The quantitative estimate of drug-likeness (QED) is 0.457. The van der Waals surface area contributed by atoms with Gasteiger partial charge < -0.3 is 20.1 Å². The van der Waals surface area contributed by atoms with E-state index in [-0.39, 0.29) is 28.2 Å². The number of hydrogen-bond acceptors (Lipinski definition) is 4. The van der Waals surface area contributed by atoms with E-state index in [0.717, 1.165) is 25.7 Å². The highest BCUT2D eigenvalue weighted by molar-refractivity contribution is 6.42. The summed E-state index contributed by atoms with van der Waals surface area (Å²) in [5.41, 5.74) is 6.32. The van der Waals surface area contributed by atoms with Crippen LogP contribution in [0.1, 0.15) is 38.3 Å².